The van der Waals surface area contributed by atoms with Gasteiger partial charge in [-0.2, -0.15) is 0 Å². The van der Waals surface area contributed by atoms with Crippen LogP contribution in [0.5, 0.6) is 0 Å². The van der Waals surface area contributed by atoms with Gasteiger partial charge < -0.3 is 10.3 Å². The zero-order valence-corrected chi connectivity index (χ0v) is 11.5. The lowest BCUT2D eigenvalue weighted by Crippen LogP contribution is -2.03. The van der Waals surface area contributed by atoms with Crippen molar-refractivity contribution in [2.45, 2.75) is 19.9 Å². The predicted molar refractivity (Wildman–Crippen MR) is 79.9 cm³/mol. The van der Waals surface area contributed by atoms with Crippen molar-refractivity contribution in [3.63, 3.8) is 0 Å². The Hall–Kier alpha value is -2.36. The summed E-state index contributed by atoms with van der Waals surface area (Å²) in [6.07, 6.45) is 0. The topological polar surface area (TPSA) is 43.8 Å². The van der Waals surface area contributed by atoms with Crippen molar-refractivity contribution in [3.8, 4) is 11.4 Å². The van der Waals surface area contributed by atoms with Crippen molar-refractivity contribution >= 4 is 16.7 Å². The van der Waals surface area contributed by atoms with Gasteiger partial charge in [-0.15, -0.1) is 0 Å². The Labute approximate surface area is 116 Å². The first-order valence-electron chi connectivity index (χ1n) is 6.60. The number of para-hydroxylation sites is 2. The molecule has 0 aliphatic heterocycles. The number of anilines is 1. The molecule has 1 heterocycles. The zero-order valence-electron chi connectivity index (χ0n) is 11.5. The number of benzene rings is 2. The first-order chi connectivity index (χ1) is 9.58. The molecule has 0 unspecified atom stereocenters. The SMILES string of the molecule is CC(C)n1c(-c2ccc(N)c(F)c2)nc2ccccc21. The summed E-state index contributed by atoms with van der Waals surface area (Å²) in [7, 11) is 0. The lowest BCUT2D eigenvalue weighted by molar-refractivity contribution is 0.620. The predicted octanol–water partition coefficient (Wildman–Crippen LogP) is 4.01. The maximum atomic E-state index is 13.7. The molecule has 0 saturated heterocycles. The van der Waals surface area contributed by atoms with Crippen molar-refractivity contribution in [1.29, 1.82) is 0 Å². The number of hydrogen-bond donors (Lipinski definition) is 1. The summed E-state index contributed by atoms with van der Waals surface area (Å²) in [5.41, 5.74) is 8.39. The minimum Gasteiger partial charge on any atom is -0.396 e. The minimum absolute atomic E-state index is 0.154. The number of rotatable bonds is 2. The average Bonchev–Trinajstić information content (AvgIpc) is 2.81. The van der Waals surface area contributed by atoms with Crippen LogP contribution in [-0.2, 0) is 0 Å². The van der Waals surface area contributed by atoms with Crippen LogP contribution in [0.3, 0.4) is 0 Å². The largest absolute Gasteiger partial charge is 0.396 e. The molecule has 0 atom stereocenters. The molecule has 2 N–H and O–H groups in total. The number of hydrogen-bond acceptors (Lipinski definition) is 2. The number of halogens is 1. The fourth-order valence-corrected chi connectivity index (χ4v) is 2.44. The lowest BCUT2D eigenvalue weighted by atomic mass is 10.1. The molecule has 0 radical (unpaired) electrons. The van der Waals surface area contributed by atoms with Gasteiger partial charge in [0.2, 0.25) is 0 Å². The monoisotopic (exact) mass is 269 g/mol. The van der Waals surface area contributed by atoms with Crippen molar-refractivity contribution in [2.75, 3.05) is 5.73 Å². The molecular weight excluding hydrogens is 253 g/mol. The van der Waals surface area contributed by atoms with Crippen LogP contribution in [0.2, 0.25) is 0 Å². The molecule has 3 aromatic rings. The summed E-state index contributed by atoms with van der Waals surface area (Å²) in [6.45, 7) is 4.18. The van der Waals surface area contributed by atoms with Gasteiger partial charge in [0.1, 0.15) is 11.6 Å². The molecule has 3 rings (SSSR count). The van der Waals surface area contributed by atoms with Gasteiger partial charge in [0, 0.05) is 11.6 Å². The van der Waals surface area contributed by atoms with Crippen LogP contribution in [0.4, 0.5) is 10.1 Å². The van der Waals surface area contributed by atoms with Gasteiger partial charge >= 0.3 is 0 Å². The highest BCUT2D eigenvalue weighted by atomic mass is 19.1. The third kappa shape index (κ3) is 1.93. The summed E-state index contributed by atoms with van der Waals surface area (Å²) in [6, 6.07) is 13.0. The summed E-state index contributed by atoms with van der Waals surface area (Å²) in [5.74, 6) is 0.352. The summed E-state index contributed by atoms with van der Waals surface area (Å²) < 4.78 is 15.8. The number of fused-ring (bicyclic) bond motifs is 1. The van der Waals surface area contributed by atoms with E-state index in [2.05, 4.69) is 23.4 Å². The minimum atomic E-state index is -0.412. The maximum Gasteiger partial charge on any atom is 0.146 e. The molecule has 0 amide bonds. The Morgan fingerprint density at radius 3 is 2.60 bits per heavy atom. The molecule has 4 heteroatoms. The highest BCUT2D eigenvalue weighted by molar-refractivity contribution is 5.81. The van der Waals surface area contributed by atoms with Crippen LogP contribution < -0.4 is 5.73 Å². The molecule has 0 fully saturated rings. The van der Waals surface area contributed by atoms with Crippen LogP contribution >= 0.6 is 0 Å². The molecule has 0 aliphatic rings. The molecule has 0 aliphatic carbocycles. The van der Waals surface area contributed by atoms with Crippen LogP contribution in [0, 0.1) is 5.82 Å². The van der Waals surface area contributed by atoms with Crippen molar-refractivity contribution in [1.82, 2.24) is 9.55 Å². The second-order valence-corrected chi connectivity index (χ2v) is 5.12. The molecule has 0 bridgehead atoms. The summed E-state index contributed by atoms with van der Waals surface area (Å²) in [4.78, 5) is 4.63. The maximum absolute atomic E-state index is 13.7. The van der Waals surface area contributed by atoms with E-state index in [4.69, 9.17) is 5.73 Å². The fraction of sp³-hybridized carbons (Fsp3) is 0.188. The highest BCUT2D eigenvalue weighted by Crippen LogP contribution is 2.29. The average molecular weight is 269 g/mol. The molecular formula is C16H16FN3. The third-order valence-corrected chi connectivity index (χ3v) is 3.37. The van der Waals surface area contributed by atoms with Crippen LogP contribution in [-0.4, -0.2) is 9.55 Å². The van der Waals surface area contributed by atoms with E-state index in [9.17, 15) is 4.39 Å². The Morgan fingerprint density at radius 1 is 1.15 bits per heavy atom. The van der Waals surface area contributed by atoms with Crippen LogP contribution in [0.25, 0.3) is 22.4 Å². The second-order valence-electron chi connectivity index (χ2n) is 5.12. The van der Waals surface area contributed by atoms with Gasteiger partial charge in [0.05, 0.1) is 16.7 Å². The molecule has 1 aromatic heterocycles. The second kappa shape index (κ2) is 4.63. The number of nitrogens with two attached hydrogens (primary N) is 1. The van der Waals surface area contributed by atoms with Crippen molar-refractivity contribution in [2.24, 2.45) is 0 Å². The molecule has 102 valence electrons. The lowest BCUT2D eigenvalue weighted by Gasteiger charge is -2.13. The van der Waals surface area contributed by atoms with Crippen LogP contribution in [0.15, 0.2) is 42.5 Å². The summed E-state index contributed by atoms with van der Waals surface area (Å²) in [5, 5.41) is 0. The number of imidazole rings is 1. The van der Waals surface area contributed by atoms with E-state index in [1.165, 1.54) is 6.07 Å². The Morgan fingerprint density at radius 2 is 1.90 bits per heavy atom. The van der Waals surface area contributed by atoms with Gasteiger partial charge in [-0.05, 0) is 44.2 Å². The van der Waals surface area contributed by atoms with E-state index in [0.29, 0.717) is 0 Å². The quantitative estimate of drug-likeness (QED) is 0.714. The summed E-state index contributed by atoms with van der Waals surface area (Å²) >= 11 is 0. The van der Waals surface area contributed by atoms with Gasteiger partial charge in [0.25, 0.3) is 0 Å². The molecule has 0 saturated carbocycles. The van der Waals surface area contributed by atoms with E-state index >= 15 is 0 Å². The van der Waals surface area contributed by atoms with Crippen molar-refractivity contribution in [3.05, 3.63) is 48.3 Å². The molecule has 3 nitrogen and oxygen atoms in total. The number of aromatic nitrogens is 2. The van der Waals surface area contributed by atoms with Crippen LogP contribution in [0.1, 0.15) is 19.9 Å². The van der Waals surface area contributed by atoms with Gasteiger partial charge in [0.15, 0.2) is 0 Å². The smallest absolute Gasteiger partial charge is 0.146 e. The van der Waals surface area contributed by atoms with E-state index in [1.54, 1.807) is 12.1 Å². The molecule has 0 spiro atoms. The van der Waals surface area contributed by atoms with Gasteiger partial charge in [-0.1, -0.05) is 12.1 Å². The fourth-order valence-electron chi connectivity index (χ4n) is 2.44. The Kier molecular flexibility index (Phi) is 2.93. The van der Waals surface area contributed by atoms with E-state index in [0.717, 1.165) is 22.4 Å². The van der Waals surface area contributed by atoms with Gasteiger partial charge in [-0.25, -0.2) is 9.37 Å². The van der Waals surface area contributed by atoms with E-state index in [1.807, 2.05) is 24.3 Å². The Balaban J connectivity index is 2.29. The molecule has 20 heavy (non-hydrogen) atoms. The molecule has 2 aromatic carbocycles. The van der Waals surface area contributed by atoms with E-state index < -0.39 is 5.82 Å². The normalized spacial score (nSPS) is 11.4. The number of nitrogen functional groups attached to an aromatic ring is 1. The first kappa shape index (κ1) is 12.7. The number of nitrogens with zero attached hydrogens (tertiary/aromatic N) is 2. The Bertz CT molecular complexity index is 774. The standard InChI is InChI=1S/C16H16FN3/c1-10(2)20-15-6-4-3-5-14(15)19-16(20)11-7-8-13(18)12(17)9-11/h3-10H,18H2,1-2H3. The zero-order chi connectivity index (χ0) is 14.3. The third-order valence-electron chi connectivity index (χ3n) is 3.37. The first-order valence-corrected chi connectivity index (χ1v) is 6.60. The van der Waals surface area contributed by atoms with E-state index in [-0.39, 0.29) is 11.7 Å². The van der Waals surface area contributed by atoms with Gasteiger partial charge in [-0.3, -0.25) is 0 Å². The highest BCUT2D eigenvalue weighted by Gasteiger charge is 2.15. The van der Waals surface area contributed by atoms with Crippen molar-refractivity contribution < 1.29 is 4.39 Å².